The smallest absolute Gasteiger partial charge is 0.412 e. The van der Waals surface area contributed by atoms with E-state index in [-0.39, 0.29) is 5.91 Å². The molecule has 6 heteroatoms. The first-order valence-corrected chi connectivity index (χ1v) is 9.44. The lowest BCUT2D eigenvalue weighted by molar-refractivity contribution is -0.120. The highest BCUT2D eigenvalue weighted by Crippen LogP contribution is 2.27. The van der Waals surface area contributed by atoms with E-state index in [1.54, 1.807) is 45.0 Å². The minimum atomic E-state index is -0.697. The third-order valence-corrected chi connectivity index (χ3v) is 4.40. The van der Waals surface area contributed by atoms with Crippen LogP contribution < -0.4 is 10.6 Å². The van der Waals surface area contributed by atoms with Gasteiger partial charge in [-0.3, -0.25) is 10.1 Å². The van der Waals surface area contributed by atoms with Crippen LogP contribution in [-0.4, -0.2) is 17.6 Å². The number of carbonyl (C=O) groups is 2. The highest BCUT2D eigenvalue weighted by molar-refractivity contribution is 9.10. The Labute approximate surface area is 168 Å². The maximum atomic E-state index is 12.7. The van der Waals surface area contributed by atoms with Gasteiger partial charge in [0.1, 0.15) is 5.60 Å². The number of ether oxygens (including phenoxy) is 1. The van der Waals surface area contributed by atoms with Gasteiger partial charge in [-0.25, -0.2) is 4.79 Å². The SMILES string of the molecule is CC(C)(C)OC(=O)Nc1ccc(NC(=O)C(C)(C)c2cccc(Br)c2)cc1. The number of halogens is 1. The molecule has 0 saturated heterocycles. The lowest BCUT2D eigenvalue weighted by atomic mass is 9.83. The molecular weight excluding hydrogens is 408 g/mol. The third-order valence-electron chi connectivity index (χ3n) is 3.90. The number of hydrogen-bond acceptors (Lipinski definition) is 3. The Bertz CT molecular complexity index is 824. The molecule has 0 aliphatic heterocycles. The van der Waals surface area contributed by atoms with Crippen molar-refractivity contribution >= 4 is 39.3 Å². The zero-order valence-corrected chi connectivity index (χ0v) is 17.8. The molecule has 2 aromatic carbocycles. The maximum Gasteiger partial charge on any atom is 0.412 e. The Morgan fingerprint density at radius 1 is 0.889 bits per heavy atom. The van der Waals surface area contributed by atoms with Crippen molar-refractivity contribution in [1.82, 2.24) is 0 Å². The maximum absolute atomic E-state index is 12.7. The van der Waals surface area contributed by atoms with Crippen molar-refractivity contribution < 1.29 is 14.3 Å². The van der Waals surface area contributed by atoms with Crippen molar-refractivity contribution in [3.63, 3.8) is 0 Å². The van der Waals surface area contributed by atoms with Crippen LogP contribution in [0.3, 0.4) is 0 Å². The number of amides is 2. The van der Waals surface area contributed by atoms with Gasteiger partial charge in [0.05, 0.1) is 5.41 Å². The molecule has 0 radical (unpaired) electrons. The van der Waals surface area contributed by atoms with Crippen molar-refractivity contribution in [3.05, 3.63) is 58.6 Å². The zero-order chi connectivity index (χ0) is 20.2. The van der Waals surface area contributed by atoms with Crippen molar-refractivity contribution in [2.45, 2.75) is 45.6 Å². The predicted octanol–water partition coefficient (Wildman–Crippen LogP) is 5.71. The fourth-order valence-electron chi connectivity index (χ4n) is 2.35. The summed E-state index contributed by atoms with van der Waals surface area (Å²) in [6.07, 6.45) is -0.518. The van der Waals surface area contributed by atoms with E-state index in [2.05, 4.69) is 26.6 Å². The molecular formula is C21H25BrN2O3. The van der Waals surface area contributed by atoms with Crippen LogP contribution in [0.5, 0.6) is 0 Å². The normalized spacial score (nSPS) is 11.6. The summed E-state index contributed by atoms with van der Waals surface area (Å²) < 4.78 is 6.15. The molecule has 0 atom stereocenters. The molecule has 0 aliphatic carbocycles. The summed E-state index contributed by atoms with van der Waals surface area (Å²) in [5, 5.41) is 5.58. The molecule has 0 heterocycles. The number of nitrogens with one attached hydrogen (secondary N) is 2. The van der Waals surface area contributed by atoms with Crippen LogP contribution in [0.4, 0.5) is 16.2 Å². The zero-order valence-electron chi connectivity index (χ0n) is 16.2. The van der Waals surface area contributed by atoms with E-state index in [0.29, 0.717) is 11.4 Å². The molecule has 0 aromatic heterocycles. The summed E-state index contributed by atoms with van der Waals surface area (Å²) in [4.78, 5) is 24.5. The van der Waals surface area contributed by atoms with E-state index in [4.69, 9.17) is 4.74 Å². The highest BCUT2D eigenvalue weighted by Gasteiger charge is 2.30. The van der Waals surface area contributed by atoms with Gasteiger partial charge in [-0.05, 0) is 76.6 Å². The number of anilines is 2. The fourth-order valence-corrected chi connectivity index (χ4v) is 2.75. The second kappa shape index (κ2) is 8.13. The molecule has 5 nitrogen and oxygen atoms in total. The number of benzene rings is 2. The summed E-state index contributed by atoms with van der Waals surface area (Å²) >= 11 is 3.44. The quantitative estimate of drug-likeness (QED) is 0.649. The molecule has 2 N–H and O–H groups in total. The van der Waals surface area contributed by atoms with Gasteiger partial charge < -0.3 is 10.1 Å². The van der Waals surface area contributed by atoms with Crippen LogP contribution >= 0.6 is 15.9 Å². The predicted molar refractivity (Wildman–Crippen MR) is 112 cm³/mol. The monoisotopic (exact) mass is 432 g/mol. The standard InChI is InChI=1S/C21H25BrN2O3/c1-20(2,3)27-19(26)24-17-11-9-16(10-12-17)23-18(25)21(4,5)14-7-6-8-15(22)13-14/h6-13H,1-5H3,(H,23,25)(H,24,26). The first kappa shape index (κ1) is 21.0. The molecule has 2 aromatic rings. The second-order valence-corrected chi connectivity index (χ2v) is 8.71. The second-order valence-electron chi connectivity index (χ2n) is 7.79. The van der Waals surface area contributed by atoms with Crippen LogP contribution in [-0.2, 0) is 14.9 Å². The average Bonchev–Trinajstić information content (AvgIpc) is 2.54. The molecule has 2 rings (SSSR count). The van der Waals surface area contributed by atoms with E-state index in [0.717, 1.165) is 10.0 Å². The van der Waals surface area contributed by atoms with Crippen LogP contribution in [0.2, 0.25) is 0 Å². The Morgan fingerprint density at radius 3 is 1.96 bits per heavy atom. The summed E-state index contributed by atoms with van der Waals surface area (Å²) in [5.41, 5.74) is 0.900. The Morgan fingerprint density at radius 2 is 1.44 bits per heavy atom. The minimum Gasteiger partial charge on any atom is -0.444 e. The molecule has 144 valence electrons. The molecule has 0 unspecified atom stereocenters. The number of carbonyl (C=O) groups excluding carboxylic acids is 2. The summed E-state index contributed by atoms with van der Waals surface area (Å²) in [6.45, 7) is 9.17. The van der Waals surface area contributed by atoms with Gasteiger partial charge in [-0.1, -0.05) is 28.1 Å². The van der Waals surface area contributed by atoms with Gasteiger partial charge in [0.2, 0.25) is 5.91 Å². The van der Waals surface area contributed by atoms with E-state index in [1.165, 1.54) is 0 Å². The lowest BCUT2D eigenvalue weighted by Crippen LogP contribution is -2.34. The molecule has 0 aliphatic rings. The third kappa shape index (κ3) is 6.10. The highest BCUT2D eigenvalue weighted by atomic mass is 79.9. The van der Waals surface area contributed by atoms with Crippen LogP contribution in [0, 0.1) is 0 Å². The Hall–Kier alpha value is -2.34. The fraction of sp³-hybridized carbons (Fsp3) is 0.333. The van der Waals surface area contributed by atoms with E-state index < -0.39 is 17.1 Å². The lowest BCUT2D eigenvalue weighted by Gasteiger charge is -2.24. The van der Waals surface area contributed by atoms with Crippen molar-refractivity contribution in [3.8, 4) is 0 Å². The van der Waals surface area contributed by atoms with E-state index >= 15 is 0 Å². The molecule has 0 bridgehead atoms. The average molecular weight is 433 g/mol. The summed E-state index contributed by atoms with van der Waals surface area (Å²) in [6, 6.07) is 14.6. The number of rotatable bonds is 4. The van der Waals surface area contributed by atoms with Gasteiger partial charge in [-0.15, -0.1) is 0 Å². The van der Waals surface area contributed by atoms with E-state index in [1.807, 2.05) is 38.1 Å². The largest absolute Gasteiger partial charge is 0.444 e. The first-order chi connectivity index (χ1) is 12.5. The van der Waals surface area contributed by atoms with Crippen LogP contribution in [0.25, 0.3) is 0 Å². The molecule has 27 heavy (non-hydrogen) atoms. The molecule has 0 fully saturated rings. The topological polar surface area (TPSA) is 67.4 Å². The van der Waals surface area contributed by atoms with Gasteiger partial charge >= 0.3 is 6.09 Å². The van der Waals surface area contributed by atoms with Gasteiger partial charge in [0, 0.05) is 15.8 Å². The van der Waals surface area contributed by atoms with E-state index in [9.17, 15) is 9.59 Å². The molecule has 2 amide bonds. The van der Waals surface area contributed by atoms with Crippen LogP contribution in [0.1, 0.15) is 40.2 Å². The van der Waals surface area contributed by atoms with Gasteiger partial charge in [-0.2, -0.15) is 0 Å². The molecule has 0 spiro atoms. The number of hydrogen-bond donors (Lipinski definition) is 2. The minimum absolute atomic E-state index is 0.117. The van der Waals surface area contributed by atoms with Crippen molar-refractivity contribution in [2.24, 2.45) is 0 Å². The van der Waals surface area contributed by atoms with Gasteiger partial charge in [0.15, 0.2) is 0 Å². The van der Waals surface area contributed by atoms with Crippen LogP contribution in [0.15, 0.2) is 53.0 Å². The Kier molecular flexibility index (Phi) is 6.31. The summed E-state index contributed by atoms with van der Waals surface area (Å²) in [5.74, 6) is -0.117. The van der Waals surface area contributed by atoms with Crippen molar-refractivity contribution in [2.75, 3.05) is 10.6 Å². The molecule has 0 saturated carbocycles. The first-order valence-electron chi connectivity index (χ1n) is 8.65. The summed E-state index contributed by atoms with van der Waals surface area (Å²) in [7, 11) is 0. The van der Waals surface area contributed by atoms with Crippen molar-refractivity contribution in [1.29, 1.82) is 0 Å². The Balaban J connectivity index is 2.03. The van der Waals surface area contributed by atoms with Gasteiger partial charge in [0.25, 0.3) is 0 Å².